The van der Waals surface area contributed by atoms with Crippen molar-refractivity contribution >= 4 is 5.91 Å². The van der Waals surface area contributed by atoms with Crippen molar-refractivity contribution in [3.8, 4) is 0 Å². The number of nitrogens with one attached hydrogen (secondary N) is 3. The third-order valence-corrected chi connectivity index (χ3v) is 6.72. The van der Waals surface area contributed by atoms with E-state index >= 15 is 0 Å². The molecule has 1 amide bonds. The predicted molar refractivity (Wildman–Crippen MR) is 82.9 cm³/mol. The molecule has 1 heterocycles. The third kappa shape index (κ3) is 2.50. The summed E-state index contributed by atoms with van der Waals surface area (Å²) in [4.78, 5) is 12.5. The molecule has 5 rings (SSSR count). The molecular formula is C17H29N3O. The number of amides is 1. The molecule has 2 atom stereocenters. The first-order valence-electron chi connectivity index (χ1n) is 8.89. The van der Waals surface area contributed by atoms with E-state index in [1.807, 2.05) is 0 Å². The highest BCUT2D eigenvalue weighted by Gasteiger charge is 2.53. The van der Waals surface area contributed by atoms with Crippen LogP contribution in [0.15, 0.2) is 0 Å². The minimum absolute atomic E-state index is 0.0462. The van der Waals surface area contributed by atoms with E-state index < -0.39 is 0 Å². The van der Waals surface area contributed by atoms with Crippen molar-refractivity contribution < 1.29 is 4.79 Å². The van der Waals surface area contributed by atoms with Crippen LogP contribution in [0.3, 0.4) is 0 Å². The van der Waals surface area contributed by atoms with Gasteiger partial charge in [0.05, 0.1) is 6.04 Å². The van der Waals surface area contributed by atoms with Gasteiger partial charge >= 0.3 is 0 Å². The zero-order valence-corrected chi connectivity index (χ0v) is 13.2. The van der Waals surface area contributed by atoms with E-state index in [2.05, 4.69) is 22.9 Å². The van der Waals surface area contributed by atoms with Crippen LogP contribution in [0.1, 0.15) is 45.4 Å². The lowest BCUT2D eigenvalue weighted by molar-refractivity contribution is -0.128. The second kappa shape index (κ2) is 5.24. The van der Waals surface area contributed by atoms with Crippen LogP contribution in [0.5, 0.6) is 0 Å². The zero-order chi connectivity index (χ0) is 14.4. The zero-order valence-electron chi connectivity index (χ0n) is 13.2. The summed E-state index contributed by atoms with van der Waals surface area (Å²) >= 11 is 0. The van der Waals surface area contributed by atoms with Gasteiger partial charge in [0.1, 0.15) is 0 Å². The van der Waals surface area contributed by atoms with E-state index in [1.165, 1.54) is 38.5 Å². The fourth-order valence-corrected chi connectivity index (χ4v) is 6.01. The van der Waals surface area contributed by atoms with Crippen LogP contribution in [0, 0.1) is 23.2 Å². The molecule has 0 spiro atoms. The second-order valence-corrected chi connectivity index (χ2v) is 8.22. The number of hydrogen-bond donors (Lipinski definition) is 3. The molecule has 4 nitrogen and oxygen atoms in total. The Morgan fingerprint density at radius 2 is 1.71 bits per heavy atom. The summed E-state index contributed by atoms with van der Waals surface area (Å²) in [6, 6.07) is 0.289. The Morgan fingerprint density at radius 1 is 1.10 bits per heavy atom. The quantitative estimate of drug-likeness (QED) is 0.734. The maximum atomic E-state index is 12.5. The fourth-order valence-electron chi connectivity index (χ4n) is 6.01. The second-order valence-electron chi connectivity index (χ2n) is 8.22. The Kier molecular flexibility index (Phi) is 3.49. The monoisotopic (exact) mass is 291 g/mol. The van der Waals surface area contributed by atoms with Crippen LogP contribution in [-0.4, -0.2) is 37.6 Å². The van der Waals surface area contributed by atoms with Crippen LogP contribution in [0.2, 0.25) is 0 Å². The molecule has 21 heavy (non-hydrogen) atoms. The first-order chi connectivity index (χ1) is 10.1. The number of piperazine rings is 1. The fraction of sp³-hybridized carbons (Fsp3) is 0.941. The Labute approximate surface area is 127 Å². The summed E-state index contributed by atoms with van der Waals surface area (Å²) in [6.07, 6.45) is 8.47. The van der Waals surface area contributed by atoms with E-state index in [1.54, 1.807) is 0 Å². The lowest BCUT2D eigenvalue weighted by atomic mass is 9.48. The molecule has 1 aliphatic heterocycles. The summed E-state index contributed by atoms with van der Waals surface area (Å²) in [6.45, 7) is 4.89. The van der Waals surface area contributed by atoms with Crippen molar-refractivity contribution in [1.82, 2.24) is 16.0 Å². The minimum atomic E-state index is -0.0462. The van der Waals surface area contributed by atoms with Crippen LogP contribution in [0.25, 0.3) is 0 Å². The molecule has 4 heteroatoms. The highest BCUT2D eigenvalue weighted by Crippen LogP contribution is 2.61. The van der Waals surface area contributed by atoms with Gasteiger partial charge in [-0.1, -0.05) is 0 Å². The Balaban J connectivity index is 1.42. The van der Waals surface area contributed by atoms with Gasteiger partial charge in [-0.15, -0.1) is 0 Å². The van der Waals surface area contributed by atoms with Gasteiger partial charge in [0, 0.05) is 25.7 Å². The van der Waals surface area contributed by atoms with E-state index in [4.69, 9.17) is 0 Å². The Hall–Kier alpha value is -0.610. The molecule has 0 aromatic heterocycles. The van der Waals surface area contributed by atoms with Crippen molar-refractivity contribution in [2.45, 2.75) is 57.5 Å². The molecule has 0 aromatic rings. The average Bonchev–Trinajstić information content (AvgIpc) is 2.46. The molecule has 4 saturated carbocycles. The van der Waals surface area contributed by atoms with Crippen LogP contribution in [0.4, 0.5) is 0 Å². The average molecular weight is 291 g/mol. The van der Waals surface area contributed by atoms with Gasteiger partial charge in [-0.2, -0.15) is 0 Å². The first kappa shape index (κ1) is 14.0. The third-order valence-electron chi connectivity index (χ3n) is 6.72. The smallest absolute Gasteiger partial charge is 0.238 e. The van der Waals surface area contributed by atoms with E-state index in [0.29, 0.717) is 11.5 Å². The minimum Gasteiger partial charge on any atom is -0.352 e. The molecule has 0 radical (unpaired) electrons. The number of hydrogen-bond acceptors (Lipinski definition) is 3. The Bertz CT molecular complexity index is 381. The molecule has 4 aliphatic carbocycles. The maximum absolute atomic E-state index is 12.5. The first-order valence-corrected chi connectivity index (χ1v) is 8.89. The van der Waals surface area contributed by atoms with Crippen molar-refractivity contribution in [2.24, 2.45) is 23.2 Å². The standard InChI is InChI=1S/C17H29N3O/c1-11(20-16(21)15-10-18-2-3-19-15)17-7-12-4-13(8-17)6-14(5-12)9-17/h11-15,18-19H,2-10H2,1H3,(H,20,21). The summed E-state index contributed by atoms with van der Waals surface area (Å²) in [5, 5.41) is 9.99. The van der Waals surface area contributed by atoms with Gasteiger partial charge in [0.15, 0.2) is 0 Å². The SMILES string of the molecule is CC(NC(=O)C1CNCCN1)C12CC3CC(CC(C3)C1)C2. The van der Waals surface area contributed by atoms with Gasteiger partial charge < -0.3 is 16.0 Å². The maximum Gasteiger partial charge on any atom is 0.238 e. The van der Waals surface area contributed by atoms with Gasteiger partial charge in [-0.25, -0.2) is 0 Å². The number of rotatable bonds is 3. The summed E-state index contributed by atoms with van der Waals surface area (Å²) in [5.41, 5.74) is 0.409. The predicted octanol–water partition coefficient (Wildman–Crippen LogP) is 1.27. The van der Waals surface area contributed by atoms with Crippen molar-refractivity contribution in [3.63, 3.8) is 0 Å². The summed E-state index contributed by atoms with van der Waals surface area (Å²) < 4.78 is 0. The number of carbonyl (C=O) groups excluding carboxylic acids is 1. The molecule has 4 bridgehead atoms. The van der Waals surface area contributed by atoms with E-state index in [9.17, 15) is 4.79 Å². The van der Waals surface area contributed by atoms with E-state index in [0.717, 1.165) is 37.4 Å². The van der Waals surface area contributed by atoms with Crippen molar-refractivity contribution in [3.05, 3.63) is 0 Å². The largest absolute Gasteiger partial charge is 0.352 e. The summed E-state index contributed by atoms with van der Waals surface area (Å²) in [7, 11) is 0. The lowest BCUT2D eigenvalue weighted by Crippen LogP contribution is -2.61. The van der Waals surface area contributed by atoms with E-state index in [-0.39, 0.29) is 11.9 Å². The molecule has 0 aromatic carbocycles. The highest BCUT2D eigenvalue weighted by atomic mass is 16.2. The molecule has 118 valence electrons. The molecule has 2 unspecified atom stereocenters. The van der Waals surface area contributed by atoms with Crippen molar-refractivity contribution in [2.75, 3.05) is 19.6 Å². The van der Waals surface area contributed by atoms with Gasteiger partial charge in [0.2, 0.25) is 5.91 Å². The van der Waals surface area contributed by atoms with Gasteiger partial charge in [-0.05, 0) is 68.6 Å². The molecular weight excluding hydrogens is 262 g/mol. The van der Waals surface area contributed by atoms with Gasteiger partial charge in [0.25, 0.3) is 0 Å². The van der Waals surface area contributed by atoms with Crippen molar-refractivity contribution in [1.29, 1.82) is 0 Å². The molecule has 1 saturated heterocycles. The topological polar surface area (TPSA) is 53.2 Å². The molecule has 5 fully saturated rings. The van der Waals surface area contributed by atoms with Crippen LogP contribution in [-0.2, 0) is 4.79 Å². The molecule has 3 N–H and O–H groups in total. The normalized spacial score (nSPS) is 46.3. The number of carbonyl (C=O) groups is 1. The highest BCUT2D eigenvalue weighted by molar-refractivity contribution is 5.82. The van der Waals surface area contributed by atoms with Crippen LogP contribution >= 0.6 is 0 Å². The lowest BCUT2D eigenvalue weighted by Gasteiger charge is -2.59. The summed E-state index contributed by atoms with van der Waals surface area (Å²) in [5.74, 6) is 3.05. The van der Waals surface area contributed by atoms with Crippen LogP contribution < -0.4 is 16.0 Å². The van der Waals surface area contributed by atoms with Gasteiger partial charge in [-0.3, -0.25) is 4.79 Å². The molecule has 5 aliphatic rings. The Morgan fingerprint density at radius 3 is 2.24 bits per heavy atom.